The van der Waals surface area contributed by atoms with Crippen LogP contribution in [0.3, 0.4) is 0 Å². The zero-order valence-corrected chi connectivity index (χ0v) is 16.6. The van der Waals surface area contributed by atoms with E-state index in [0.29, 0.717) is 12.5 Å². The van der Waals surface area contributed by atoms with Crippen molar-refractivity contribution < 1.29 is 18.7 Å². The molecule has 3 heterocycles. The number of benzene rings is 2. The van der Waals surface area contributed by atoms with Crippen LogP contribution in [0.15, 0.2) is 53.1 Å². The first-order valence-electron chi connectivity index (χ1n) is 10.5. The molecule has 1 saturated carbocycles. The average molecular weight is 405 g/mol. The van der Waals surface area contributed by atoms with Gasteiger partial charge in [-0.2, -0.15) is 4.98 Å². The van der Waals surface area contributed by atoms with Gasteiger partial charge in [-0.1, -0.05) is 41.6 Å². The zero-order valence-electron chi connectivity index (χ0n) is 16.6. The highest BCUT2D eigenvalue weighted by molar-refractivity contribution is 5.45. The molecule has 2 atom stereocenters. The van der Waals surface area contributed by atoms with Crippen molar-refractivity contribution in [3.63, 3.8) is 0 Å². The second kappa shape index (κ2) is 7.41. The van der Waals surface area contributed by atoms with E-state index < -0.39 is 0 Å². The molecule has 0 amide bonds. The van der Waals surface area contributed by atoms with Gasteiger partial charge in [0.05, 0.1) is 18.8 Å². The number of ether oxygens (including phenoxy) is 3. The van der Waals surface area contributed by atoms with E-state index in [1.807, 2.05) is 30.3 Å². The van der Waals surface area contributed by atoms with Gasteiger partial charge >= 0.3 is 0 Å². The smallest absolute Gasteiger partial charge is 0.231 e. The lowest BCUT2D eigenvalue weighted by molar-refractivity contribution is -0.0928. The molecule has 154 valence electrons. The van der Waals surface area contributed by atoms with Crippen molar-refractivity contribution >= 4 is 0 Å². The molecule has 2 aromatic carbocycles. The number of hydrogen-bond acceptors (Lipinski definition) is 7. The summed E-state index contributed by atoms with van der Waals surface area (Å²) in [6.45, 7) is 2.43. The van der Waals surface area contributed by atoms with Gasteiger partial charge in [0.2, 0.25) is 12.7 Å². The summed E-state index contributed by atoms with van der Waals surface area (Å²) in [5, 5.41) is 4.21. The van der Waals surface area contributed by atoms with Gasteiger partial charge in [-0.05, 0) is 36.1 Å². The molecule has 7 nitrogen and oxygen atoms in total. The Morgan fingerprint density at radius 1 is 0.900 bits per heavy atom. The first-order valence-corrected chi connectivity index (χ1v) is 10.5. The van der Waals surface area contributed by atoms with E-state index in [2.05, 4.69) is 33.2 Å². The topological polar surface area (TPSA) is 69.9 Å². The predicted molar refractivity (Wildman–Crippen MR) is 107 cm³/mol. The van der Waals surface area contributed by atoms with E-state index in [1.54, 1.807) is 0 Å². The van der Waals surface area contributed by atoms with Crippen LogP contribution in [0.25, 0.3) is 0 Å². The summed E-state index contributed by atoms with van der Waals surface area (Å²) in [4.78, 5) is 6.96. The molecule has 0 unspecified atom stereocenters. The third-order valence-corrected chi connectivity index (χ3v) is 5.89. The van der Waals surface area contributed by atoms with Crippen LogP contribution in [0, 0.1) is 0 Å². The number of morpholine rings is 1. The molecule has 2 aliphatic heterocycles. The molecule has 1 aliphatic carbocycles. The van der Waals surface area contributed by atoms with Crippen molar-refractivity contribution in [1.82, 2.24) is 15.0 Å². The quantitative estimate of drug-likeness (QED) is 0.636. The van der Waals surface area contributed by atoms with Crippen LogP contribution >= 0.6 is 0 Å². The fraction of sp³-hybridized carbons (Fsp3) is 0.391. The van der Waals surface area contributed by atoms with Crippen LogP contribution in [0.2, 0.25) is 0 Å². The summed E-state index contributed by atoms with van der Waals surface area (Å²) in [5.74, 6) is 3.55. The summed E-state index contributed by atoms with van der Waals surface area (Å²) in [6.07, 6.45) is 2.18. The molecule has 0 N–H and O–H groups in total. The number of rotatable bonds is 5. The van der Waals surface area contributed by atoms with E-state index in [4.69, 9.17) is 18.7 Å². The minimum atomic E-state index is -0.0896. The molecule has 1 saturated heterocycles. The molecule has 30 heavy (non-hydrogen) atoms. The largest absolute Gasteiger partial charge is 0.454 e. The number of nitrogens with zero attached hydrogens (tertiary/aromatic N) is 3. The molecule has 3 aliphatic rings. The van der Waals surface area contributed by atoms with E-state index in [1.165, 1.54) is 5.56 Å². The van der Waals surface area contributed by atoms with Crippen molar-refractivity contribution in [3.05, 3.63) is 71.4 Å². The van der Waals surface area contributed by atoms with Crippen molar-refractivity contribution in [1.29, 1.82) is 0 Å². The van der Waals surface area contributed by atoms with Crippen LogP contribution < -0.4 is 9.47 Å². The Morgan fingerprint density at radius 2 is 1.70 bits per heavy atom. The number of fused-ring (bicyclic) bond motifs is 1. The summed E-state index contributed by atoms with van der Waals surface area (Å²) in [5.41, 5.74) is 2.25. The van der Waals surface area contributed by atoms with Crippen molar-refractivity contribution in [2.24, 2.45) is 0 Å². The lowest BCUT2D eigenvalue weighted by Gasteiger charge is -2.38. The second-order valence-electron chi connectivity index (χ2n) is 8.15. The minimum Gasteiger partial charge on any atom is -0.454 e. The molecular weight excluding hydrogens is 382 g/mol. The first kappa shape index (κ1) is 17.9. The lowest BCUT2D eigenvalue weighted by atomic mass is 10.0. The molecule has 0 bridgehead atoms. The van der Waals surface area contributed by atoms with Gasteiger partial charge in [0.1, 0.15) is 0 Å². The normalized spacial score (nSPS) is 23.6. The summed E-state index contributed by atoms with van der Waals surface area (Å²) in [7, 11) is 0. The molecule has 0 radical (unpaired) electrons. The predicted octanol–water partition coefficient (Wildman–Crippen LogP) is 3.99. The highest BCUT2D eigenvalue weighted by Crippen LogP contribution is 2.40. The molecule has 1 aromatic heterocycles. The second-order valence-corrected chi connectivity index (χ2v) is 8.15. The summed E-state index contributed by atoms with van der Waals surface area (Å²) >= 11 is 0. The summed E-state index contributed by atoms with van der Waals surface area (Å²) < 4.78 is 23.0. The van der Waals surface area contributed by atoms with Crippen molar-refractivity contribution in [2.75, 3.05) is 19.9 Å². The molecule has 3 aromatic rings. The fourth-order valence-corrected chi connectivity index (χ4v) is 4.13. The van der Waals surface area contributed by atoms with Gasteiger partial charge in [-0.25, -0.2) is 0 Å². The van der Waals surface area contributed by atoms with E-state index in [0.717, 1.165) is 54.7 Å². The van der Waals surface area contributed by atoms with Crippen LogP contribution in [0.4, 0.5) is 0 Å². The number of hydrogen-bond donors (Lipinski definition) is 0. The Bertz CT molecular complexity index is 1030. The Labute approximate surface area is 174 Å². The first-order chi connectivity index (χ1) is 14.8. The SMILES string of the molecule is c1ccc([C@@H]2CN(Cc3noc(C4CC4)n3)C[C@H](c3ccc4c(c3)OCO4)O2)cc1. The van der Waals surface area contributed by atoms with Crippen LogP contribution in [-0.4, -0.2) is 34.9 Å². The average Bonchev–Trinajstić information content (AvgIpc) is 3.35. The Kier molecular flexibility index (Phi) is 4.43. The third kappa shape index (κ3) is 3.55. The van der Waals surface area contributed by atoms with Gasteiger partial charge < -0.3 is 18.7 Å². The molecule has 0 spiro atoms. The maximum atomic E-state index is 6.54. The lowest BCUT2D eigenvalue weighted by Crippen LogP contribution is -2.40. The van der Waals surface area contributed by atoms with E-state index in [-0.39, 0.29) is 19.0 Å². The fourth-order valence-electron chi connectivity index (χ4n) is 4.13. The Hall–Kier alpha value is -2.90. The Morgan fingerprint density at radius 3 is 2.53 bits per heavy atom. The highest BCUT2D eigenvalue weighted by Gasteiger charge is 2.33. The summed E-state index contributed by atoms with van der Waals surface area (Å²) in [6, 6.07) is 16.4. The molecule has 6 rings (SSSR count). The Balaban J connectivity index is 1.26. The highest BCUT2D eigenvalue weighted by atomic mass is 16.7. The minimum absolute atomic E-state index is 0.0369. The van der Waals surface area contributed by atoms with Gasteiger partial charge in [0.25, 0.3) is 0 Å². The van der Waals surface area contributed by atoms with Crippen molar-refractivity contribution in [2.45, 2.75) is 37.5 Å². The van der Waals surface area contributed by atoms with Gasteiger partial charge in [-0.15, -0.1) is 0 Å². The number of aromatic nitrogens is 2. The van der Waals surface area contributed by atoms with Gasteiger partial charge in [0, 0.05) is 19.0 Å². The van der Waals surface area contributed by atoms with Crippen LogP contribution in [0.1, 0.15) is 53.8 Å². The maximum Gasteiger partial charge on any atom is 0.231 e. The van der Waals surface area contributed by atoms with E-state index >= 15 is 0 Å². The maximum absolute atomic E-state index is 6.54. The standard InChI is InChI=1S/C23H23N3O4/c1-2-4-15(5-3-1)20-11-26(13-22-24-23(30-25-22)16-6-7-16)12-21(29-20)17-8-9-18-19(10-17)28-14-27-18/h1-5,8-10,16,20-21H,6-7,11-14H2/t20-,21+/m0/s1. The van der Waals surface area contributed by atoms with Gasteiger partial charge in [0.15, 0.2) is 17.3 Å². The molecule has 7 heteroatoms. The van der Waals surface area contributed by atoms with E-state index in [9.17, 15) is 0 Å². The van der Waals surface area contributed by atoms with Gasteiger partial charge in [-0.3, -0.25) is 4.90 Å². The van der Waals surface area contributed by atoms with Crippen molar-refractivity contribution in [3.8, 4) is 11.5 Å². The molecular formula is C23H23N3O4. The molecule has 2 fully saturated rings. The third-order valence-electron chi connectivity index (χ3n) is 5.89. The monoisotopic (exact) mass is 405 g/mol. The zero-order chi connectivity index (χ0) is 19.9. The van der Waals surface area contributed by atoms with Crippen LogP contribution in [0.5, 0.6) is 11.5 Å². The van der Waals surface area contributed by atoms with Crippen LogP contribution in [-0.2, 0) is 11.3 Å².